The van der Waals surface area contributed by atoms with E-state index in [1.54, 1.807) is 0 Å². The molecule has 5 nitrogen and oxygen atoms in total. The first-order valence-corrected chi connectivity index (χ1v) is 9.34. The van der Waals surface area contributed by atoms with E-state index >= 15 is 0 Å². The third-order valence-electron chi connectivity index (χ3n) is 4.82. The second kappa shape index (κ2) is 12.3. The molecule has 0 aromatic heterocycles. The fourth-order valence-electron chi connectivity index (χ4n) is 2.82. The van der Waals surface area contributed by atoms with E-state index in [1.807, 2.05) is 0 Å². The maximum absolute atomic E-state index is 4.84. The zero-order chi connectivity index (χ0) is 17.3. The van der Waals surface area contributed by atoms with Gasteiger partial charge in [-0.15, -0.1) is 24.0 Å². The van der Waals surface area contributed by atoms with Crippen LogP contribution in [0.15, 0.2) is 4.99 Å². The predicted octanol–water partition coefficient (Wildman–Crippen LogP) is 2.76. The molecule has 24 heavy (non-hydrogen) atoms. The van der Waals surface area contributed by atoms with Crippen molar-refractivity contribution in [2.75, 3.05) is 46.3 Å². The number of aliphatic imine (C=N–C) groups is 1. The average molecular weight is 453 g/mol. The summed E-state index contributed by atoms with van der Waals surface area (Å²) in [5.74, 6) is 0.940. The fourth-order valence-corrected chi connectivity index (χ4v) is 2.82. The fraction of sp³-hybridized carbons (Fsp3) is 0.944. The third-order valence-corrected chi connectivity index (χ3v) is 4.82. The quantitative estimate of drug-likeness (QED) is 0.337. The lowest BCUT2D eigenvalue weighted by molar-refractivity contribution is 0.102. The van der Waals surface area contributed by atoms with Gasteiger partial charge in [0.15, 0.2) is 5.96 Å². The van der Waals surface area contributed by atoms with Crippen LogP contribution in [0.5, 0.6) is 0 Å². The van der Waals surface area contributed by atoms with E-state index in [1.165, 1.54) is 32.4 Å². The van der Waals surface area contributed by atoms with Crippen LogP contribution in [0.3, 0.4) is 0 Å². The summed E-state index contributed by atoms with van der Waals surface area (Å²) < 4.78 is 0. The number of halogens is 1. The van der Waals surface area contributed by atoms with Crippen molar-refractivity contribution in [3.8, 4) is 0 Å². The van der Waals surface area contributed by atoms with Crippen LogP contribution in [0.25, 0.3) is 0 Å². The van der Waals surface area contributed by atoms with Crippen LogP contribution < -0.4 is 10.6 Å². The number of guanidine groups is 1. The Hall–Kier alpha value is -0.0800. The van der Waals surface area contributed by atoms with Crippen LogP contribution in [-0.4, -0.2) is 73.7 Å². The molecule has 0 bridgehead atoms. The van der Waals surface area contributed by atoms with Crippen molar-refractivity contribution >= 4 is 29.9 Å². The Morgan fingerprint density at radius 2 is 1.79 bits per heavy atom. The first-order chi connectivity index (χ1) is 10.9. The summed E-state index contributed by atoms with van der Waals surface area (Å²) in [6, 6.07) is 0.578. The highest BCUT2D eigenvalue weighted by atomic mass is 127. The summed E-state index contributed by atoms with van der Waals surface area (Å²) in [6.45, 7) is 17.3. The molecule has 1 aliphatic rings. The molecule has 0 radical (unpaired) electrons. The Balaban J connectivity index is 0.00000529. The first-order valence-electron chi connectivity index (χ1n) is 9.34. The van der Waals surface area contributed by atoms with Gasteiger partial charge in [0.25, 0.3) is 0 Å². The maximum atomic E-state index is 4.84. The number of likely N-dealkylation sites (N-methyl/N-ethyl adjacent to an activating group) is 1. The molecule has 0 aromatic carbocycles. The molecule has 2 N–H and O–H groups in total. The molecule has 0 spiro atoms. The van der Waals surface area contributed by atoms with Gasteiger partial charge >= 0.3 is 0 Å². The van der Waals surface area contributed by atoms with Crippen LogP contribution in [0.2, 0.25) is 0 Å². The lowest BCUT2D eigenvalue weighted by Gasteiger charge is -2.40. The highest BCUT2D eigenvalue weighted by Crippen LogP contribution is 2.20. The smallest absolute Gasteiger partial charge is 0.191 e. The monoisotopic (exact) mass is 453 g/mol. The first kappa shape index (κ1) is 23.9. The Morgan fingerprint density at radius 1 is 1.17 bits per heavy atom. The highest BCUT2D eigenvalue weighted by Gasteiger charge is 2.27. The standard InChI is InChI=1S/C18H39N5.HI/c1-7-19-17(20-11-14-22(6)16(2)3)21-15-18(4,5)23-12-9-8-10-13-23;/h16H,7-15H2,1-6H3,(H2,19,20,21);1H. The van der Waals surface area contributed by atoms with Gasteiger partial charge in [0, 0.05) is 31.2 Å². The number of nitrogens with zero attached hydrogens (tertiary/aromatic N) is 3. The van der Waals surface area contributed by atoms with E-state index in [4.69, 9.17) is 4.99 Å². The summed E-state index contributed by atoms with van der Waals surface area (Å²) in [5.41, 5.74) is 0.136. The van der Waals surface area contributed by atoms with Crippen molar-refractivity contribution in [2.45, 2.75) is 65.5 Å². The zero-order valence-corrected chi connectivity index (χ0v) is 19.0. The minimum atomic E-state index is 0. The van der Waals surface area contributed by atoms with Crippen molar-refractivity contribution < 1.29 is 0 Å². The molecule has 1 saturated heterocycles. The van der Waals surface area contributed by atoms with Gasteiger partial charge < -0.3 is 15.5 Å². The molecule has 0 amide bonds. The lowest BCUT2D eigenvalue weighted by Crippen LogP contribution is -2.50. The van der Waals surface area contributed by atoms with Gasteiger partial charge in [-0.2, -0.15) is 0 Å². The molecule has 1 fully saturated rings. The molecule has 0 aromatic rings. The Bertz CT molecular complexity index is 351. The molecule has 0 aliphatic carbocycles. The van der Waals surface area contributed by atoms with E-state index < -0.39 is 0 Å². The average Bonchev–Trinajstić information content (AvgIpc) is 2.53. The summed E-state index contributed by atoms with van der Waals surface area (Å²) in [6.07, 6.45) is 4.03. The van der Waals surface area contributed by atoms with E-state index in [9.17, 15) is 0 Å². The normalized spacial score (nSPS) is 17.1. The molecule has 0 saturated carbocycles. The minimum Gasteiger partial charge on any atom is -0.357 e. The molecule has 0 unspecified atom stereocenters. The van der Waals surface area contributed by atoms with E-state index in [-0.39, 0.29) is 29.5 Å². The largest absolute Gasteiger partial charge is 0.357 e. The van der Waals surface area contributed by atoms with Crippen LogP contribution in [0, 0.1) is 0 Å². The Labute approximate surface area is 167 Å². The van der Waals surface area contributed by atoms with Crippen molar-refractivity contribution in [3.63, 3.8) is 0 Å². The van der Waals surface area contributed by atoms with Crippen molar-refractivity contribution in [3.05, 3.63) is 0 Å². The van der Waals surface area contributed by atoms with Gasteiger partial charge in [0.1, 0.15) is 0 Å². The van der Waals surface area contributed by atoms with Crippen LogP contribution in [-0.2, 0) is 0 Å². The zero-order valence-electron chi connectivity index (χ0n) is 16.7. The number of rotatable bonds is 8. The van der Waals surface area contributed by atoms with E-state index in [0.717, 1.165) is 32.1 Å². The SMILES string of the molecule is CCNC(=NCC(C)(C)N1CCCCC1)NCCN(C)C(C)C.I. The molecule has 1 aliphatic heterocycles. The predicted molar refractivity (Wildman–Crippen MR) is 117 cm³/mol. The van der Waals surface area contributed by atoms with Gasteiger partial charge in [-0.05, 0) is 67.6 Å². The topological polar surface area (TPSA) is 42.9 Å². The maximum Gasteiger partial charge on any atom is 0.191 e. The lowest BCUT2D eigenvalue weighted by atomic mass is 9.99. The number of hydrogen-bond donors (Lipinski definition) is 2. The van der Waals surface area contributed by atoms with Gasteiger partial charge in [0.05, 0.1) is 6.54 Å². The molecule has 144 valence electrons. The van der Waals surface area contributed by atoms with Gasteiger partial charge in [0.2, 0.25) is 0 Å². The molecule has 0 atom stereocenters. The van der Waals surface area contributed by atoms with Crippen LogP contribution in [0.4, 0.5) is 0 Å². The van der Waals surface area contributed by atoms with Crippen molar-refractivity contribution in [1.29, 1.82) is 0 Å². The summed E-state index contributed by atoms with van der Waals surface area (Å²) in [4.78, 5) is 9.77. The number of piperidine rings is 1. The summed E-state index contributed by atoms with van der Waals surface area (Å²) >= 11 is 0. The van der Waals surface area contributed by atoms with E-state index in [2.05, 4.69) is 62.1 Å². The van der Waals surface area contributed by atoms with Gasteiger partial charge in [-0.3, -0.25) is 9.89 Å². The highest BCUT2D eigenvalue weighted by molar-refractivity contribution is 14.0. The Kier molecular flexibility index (Phi) is 12.3. The van der Waals surface area contributed by atoms with E-state index in [0.29, 0.717) is 6.04 Å². The molecular weight excluding hydrogens is 413 g/mol. The second-order valence-corrected chi connectivity index (χ2v) is 7.56. The van der Waals surface area contributed by atoms with Gasteiger partial charge in [-0.25, -0.2) is 0 Å². The summed E-state index contributed by atoms with van der Waals surface area (Å²) in [7, 11) is 2.16. The molecule has 1 heterocycles. The number of nitrogens with one attached hydrogen (secondary N) is 2. The Morgan fingerprint density at radius 3 is 2.33 bits per heavy atom. The van der Waals surface area contributed by atoms with Crippen LogP contribution in [0.1, 0.15) is 53.9 Å². The summed E-state index contributed by atoms with van der Waals surface area (Å²) in [5, 5.41) is 6.82. The second-order valence-electron chi connectivity index (χ2n) is 7.56. The minimum absolute atomic E-state index is 0. The third kappa shape index (κ3) is 8.85. The molecular formula is C18H40IN5. The molecule has 1 rings (SSSR count). The van der Waals surface area contributed by atoms with Crippen molar-refractivity contribution in [2.24, 2.45) is 4.99 Å². The molecule has 6 heteroatoms. The van der Waals surface area contributed by atoms with Crippen molar-refractivity contribution in [1.82, 2.24) is 20.4 Å². The van der Waals surface area contributed by atoms with Gasteiger partial charge in [-0.1, -0.05) is 6.42 Å². The van der Waals surface area contributed by atoms with Crippen LogP contribution >= 0.6 is 24.0 Å². The number of hydrogen-bond acceptors (Lipinski definition) is 3. The number of likely N-dealkylation sites (tertiary alicyclic amines) is 1.